The average Bonchev–Trinajstić information content (AvgIpc) is 3.72. The number of nitrogens with one attached hydrogen (secondary N) is 4. The standard InChI is InChI=1S/C19H19F2N5O2.C18H17F2N5O2/c1-28-16(27)6-15(10-3-2-4-10)25-19-14(21)9-24-18(26-19)13-8-23-17-12(13)5-11(20)7-22-17;19-10-4-11-12(7-22-16(11)21-6-10)17-23-8-13(20)18(25-17)24-14(5-15(26)27)9-2-1-3-9/h5,7-10,15H,2-4,6H2,1H3,(H,22,23)(H,24,25,26);4,6-9,14H,1-3,5H2,(H,21,22)(H,26,27)(H,23,24,25). The Kier molecular flexibility index (Phi) is 10.8. The Morgan fingerprint density at radius 2 is 1.20 bits per heavy atom. The summed E-state index contributed by atoms with van der Waals surface area (Å²) in [6, 6.07) is 1.94. The third kappa shape index (κ3) is 8.32. The molecule has 2 fully saturated rings. The van der Waals surface area contributed by atoms with Gasteiger partial charge >= 0.3 is 11.9 Å². The van der Waals surface area contributed by atoms with E-state index in [9.17, 15) is 27.2 Å². The van der Waals surface area contributed by atoms with Crippen LogP contribution in [0.15, 0.2) is 49.3 Å². The molecule has 0 amide bonds. The lowest BCUT2D eigenvalue weighted by atomic mass is 9.78. The number of hydrogen-bond donors (Lipinski definition) is 5. The second-order valence-electron chi connectivity index (χ2n) is 13.5. The Morgan fingerprint density at radius 1 is 0.745 bits per heavy atom. The molecular formula is C37H36F4N10O4. The third-order valence-corrected chi connectivity index (χ3v) is 10.1. The first-order valence-electron chi connectivity index (χ1n) is 17.7. The van der Waals surface area contributed by atoms with Crippen LogP contribution in [0, 0.1) is 35.1 Å². The Labute approximate surface area is 310 Å². The minimum Gasteiger partial charge on any atom is -0.481 e. The molecule has 0 aliphatic heterocycles. The van der Waals surface area contributed by atoms with Gasteiger partial charge in [-0.1, -0.05) is 12.8 Å². The molecule has 5 N–H and O–H groups in total. The SMILES string of the molecule is COC(=O)CC(Nc1nc(-c2c[nH]c3ncc(F)cc23)ncc1F)C1CCC1.O=C(O)CC(Nc1nc(-c2c[nH]c3ncc(F)cc23)ncc1F)C1CCC1. The van der Waals surface area contributed by atoms with Gasteiger partial charge in [-0.15, -0.1) is 0 Å². The molecule has 0 aromatic carbocycles. The van der Waals surface area contributed by atoms with Crippen molar-refractivity contribution in [3.8, 4) is 22.8 Å². The highest BCUT2D eigenvalue weighted by molar-refractivity contribution is 5.92. The lowest BCUT2D eigenvalue weighted by Crippen LogP contribution is -2.36. The van der Waals surface area contributed by atoms with Crippen LogP contribution in [0.4, 0.5) is 29.2 Å². The van der Waals surface area contributed by atoms with Gasteiger partial charge in [-0.3, -0.25) is 9.59 Å². The second-order valence-corrected chi connectivity index (χ2v) is 13.5. The fourth-order valence-electron chi connectivity index (χ4n) is 6.68. The molecule has 0 saturated heterocycles. The highest BCUT2D eigenvalue weighted by Crippen LogP contribution is 2.35. The number of halogens is 4. The van der Waals surface area contributed by atoms with Crippen molar-refractivity contribution >= 4 is 45.6 Å². The van der Waals surface area contributed by atoms with E-state index in [0.29, 0.717) is 33.2 Å². The lowest BCUT2D eigenvalue weighted by Gasteiger charge is -2.34. The largest absolute Gasteiger partial charge is 0.481 e. The number of rotatable bonds is 12. The minimum absolute atomic E-state index is 0.00418. The average molecular weight is 761 g/mol. The van der Waals surface area contributed by atoms with Crippen molar-refractivity contribution in [2.45, 2.75) is 63.5 Å². The maximum absolute atomic E-state index is 14.4. The number of fused-ring (bicyclic) bond motifs is 2. The normalized spacial score (nSPS) is 15.4. The smallest absolute Gasteiger partial charge is 0.307 e. The van der Waals surface area contributed by atoms with E-state index < -0.39 is 35.3 Å². The van der Waals surface area contributed by atoms with Gasteiger partial charge in [0, 0.05) is 46.4 Å². The number of esters is 1. The number of carbonyl (C=O) groups excluding carboxylic acids is 1. The number of aromatic amines is 2. The highest BCUT2D eigenvalue weighted by Gasteiger charge is 2.32. The summed E-state index contributed by atoms with van der Waals surface area (Å²) in [5.74, 6) is -2.81. The zero-order chi connectivity index (χ0) is 38.6. The fraction of sp³-hybridized carbons (Fsp3) is 0.351. The quantitative estimate of drug-likeness (QED) is 0.0648. The number of methoxy groups -OCH3 is 1. The van der Waals surface area contributed by atoms with Crippen molar-refractivity contribution in [1.29, 1.82) is 0 Å². The van der Waals surface area contributed by atoms with Crippen molar-refractivity contribution in [2.75, 3.05) is 17.7 Å². The maximum atomic E-state index is 14.4. The van der Waals surface area contributed by atoms with E-state index in [0.717, 1.165) is 63.3 Å². The van der Waals surface area contributed by atoms with Gasteiger partial charge < -0.3 is 30.4 Å². The first kappa shape index (κ1) is 37.1. The van der Waals surface area contributed by atoms with Gasteiger partial charge in [0.1, 0.15) is 22.9 Å². The summed E-state index contributed by atoms with van der Waals surface area (Å²) in [7, 11) is 1.33. The minimum atomic E-state index is -0.952. The van der Waals surface area contributed by atoms with E-state index >= 15 is 0 Å². The van der Waals surface area contributed by atoms with Gasteiger partial charge in [-0.05, 0) is 49.7 Å². The number of carboxylic acid groups (broad SMARTS) is 1. The maximum Gasteiger partial charge on any atom is 0.307 e. The number of aliphatic carboxylic acids is 1. The van der Waals surface area contributed by atoms with E-state index in [1.165, 1.54) is 19.2 Å². The Hall–Kier alpha value is -6.20. The van der Waals surface area contributed by atoms with Crippen LogP contribution in [0.2, 0.25) is 0 Å². The van der Waals surface area contributed by atoms with E-state index in [2.05, 4.69) is 50.5 Å². The van der Waals surface area contributed by atoms with Gasteiger partial charge in [0.25, 0.3) is 0 Å². The second kappa shape index (κ2) is 16.0. The Balaban J connectivity index is 0.000000169. The third-order valence-electron chi connectivity index (χ3n) is 10.1. The van der Waals surface area contributed by atoms with E-state index in [1.54, 1.807) is 12.4 Å². The number of carboxylic acids is 1. The van der Waals surface area contributed by atoms with Gasteiger partial charge in [0.05, 0.1) is 44.7 Å². The number of ether oxygens (including phenoxy) is 1. The summed E-state index contributed by atoms with van der Waals surface area (Å²) in [6.07, 6.45) is 13.3. The molecule has 0 bridgehead atoms. The molecule has 8 rings (SSSR count). The molecule has 2 aliphatic rings. The van der Waals surface area contributed by atoms with Crippen molar-refractivity contribution in [3.05, 3.63) is 72.6 Å². The number of nitrogens with zero attached hydrogens (tertiary/aromatic N) is 6. The van der Waals surface area contributed by atoms with Crippen LogP contribution in [0.3, 0.4) is 0 Å². The summed E-state index contributed by atoms with van der Waals surface area (Å²) in [6.45, 7) is 0. The van der Waals surface area contributed by atoms with Crippen molar-refractivity contribution in [1.82, 2.24) is 39.9 Å². The van der Waals surface area contributed by atoms with Gasteiger partial charge in [0.15, 0.2) is 34.9 Å². The summed E-state index contributed by atoms with van der Waals surface area (Å²) < 4.78 is 60.5. The Bertz CT molecular complexity index is 2350. The Morgan fingerprint density at radius 3 is 1.60 bits per heavy atom. The summed E-state index contributed by atoms with van der Waals surface area (Å²) in [5.41, 5.74) is 1.95. The lowest BCUT2D eigenvalue weighted by molar-refractivity contribution is -0.141. The predicted octanol–water partition coefficient (Wildman–Crippen LogP) is 6.80. The van der Waals surface area contributed by atoms with Crippen LogP contribution in [-0.4, -0.2) is 76.1 Å². The van der Waals surface area contributed by atoms with Crippen LogP contribution in [0.1, 0.15) is 51.4 Å². The zero-order valence-electron chi connectivity index (χ0n) is 29.5. The van der Waals surface area contributed by atoms with Gasteiger partial charge in [0.2, 0.25) is 0 Å². The number of carbonyl (C=O) groups is 2. The number of H-pyrrole nitrogens is 2. The fourth-order valence-corrected chi connectivity index (χ4v) is 6.68. The van der Waals surface area contributed by atoms with E-state index in [4.69, 9.17) is 9.84 Å². The highest BCUT2D eigenvalue weighted by atomic mass is 19.1. The molecule has 2 saturated carbocycles. The number of hydrogen-bond acceptors (Lipinski definition) is 11. The van der Waals surface area contributed by atoms with Crippen molar-refractivity contribution in [2.24, 2.45) is 11.8 Å². The van der Waals surface area contributed by atoms with Crippen LogP contribution in [0.5, 0.6) is 0 Å². The van der Waals surface area contributed by atoms with Gasteiger partial charge in [-0.2, -0.15) is 0 Å². The molecule has 286 valence electrons. The molecule has 2 atom stereocenters. The predicted molar refractivity (Wildman–Crippen MR) is 192 cm³/mol. The van der Waals surface area contributed by atoms with Crippen molar-refractivity contribution < 1.29 is 37.0 Å². The molecule has 6 aromatic heterocycles. The summed E-state index contributed by atoms with van der Waals surface area (Å²) in [4.78, 5) is 53.2. The molecule has 2 aliphatic carbocycles. The molecule has 0 radical (unpaired) electrons. The number of aromatic nitrogens is 8. The monoisotopic (exact) mass is 760 g/mol. The molecule has 55 heavy (non-hydrogen) atoms. The van der Waals surface area contributed by atoms with Gasteiger partial charge in [-0.25, -0.2) is 47.5 Å². The number of anilines is 2. The van der Waals surface area contributed by atoms with Crippen LogP contribution in [-0.2, 0) is 14.3 Å². The summed E-state index contributed by atoms with van der Waals surface area (Å²) >= 11 is 0. The summed E-state index contributed by atoms with van der Waals surface area (Å²) in [5, 5.41) is 16.1. The molecule has 2 unspecified atom stereocenters. The topological polar surface area (TPSA) is 197 Å². The van der Waals surface area contributed by atoms with Crippen LogP contribution < -0.4 is 10.6 Å². The van der Waals surface area contributed by atoms with E-state index in [1.807, 2.05) is 0 Å². The first-order chi connectivity index (χ1) is 26.6. The first-order valence-corrected chi connectivity index (χ1v) is 17.7. The van der Waals surface area contributed by atoms with E-state index in [-0.39, 0.29) is 60.0 Å². The molecule has 14 nitrogen and oxygen atoms in total. The van der Waals surface area contributed by atoms with Crippen molar-refractivity contribution in [3.63, 3.8) is 0 Å². The van der Waals surface area contributed by atoms with Crippen LogP contribution >= 0.6 is 0 Å². The molecule has 0 spiro atoms. The molecule has 6 aromatic rings. The molecule has 18 heteroatoms. The molecular weight excluding hydrogens is 724 g/mol. The number of pyridine rings is 2. The molecule has 6 heterocycles. The zero-order valence-corrected chi connectivity index (χ0v) is 29.5. The van der Waals surface area contributed by atoms with Crippen LogP contribution in [0.25, 0.3) is 44.8 Å².